The van der Waals surface area contributed by atoms with Crippen molar-refractivity contribution in [1.82, 2.24) is 4.90 Å². The van der Waals surface area contributed by atoms with Crippen LogP contribution in [-0.4, -0.2) is 69.9 Å². The lowest BCUT2D eigenvalue weighted by Crippen LogP contribution is -2.74. The number of aromatic hydroxyl groups is 1. The fourth-order valence-electron chi connectivity index (χ4n) is 7.36. The summed E-state index contributed by atoms with van der Waals surface area (Å²) in [5, 5.41) is 22.4. The first kappa shape index (κ1) is 25.3. The Balaban J connectivity index is 1.46. The van der Waals surface area contributed by atoms with E-state index in [0.29, 0.717) is 12.0 Å². The molecule has 2 aromatic rings. The molecule has 3 unspecified atom stereocenters. The van der Waals surface area contributed by atoms with Gasteiger partial charge in [0.25, 0.3) is 0 Å². The van der Waals surface area contributed by atoms with Crippen LogP contribution in [0.1, 0.15) is 39.0 Å². The minimum Gasteiger partial charge on any atom is -0.507 e. The molecule has 9 nitrogen and oxygen atoms in total. The summed E-state index contributed by atoms with van der Waals surface area (Å²) < 4.78 is 0. The molecule has 0 bridgehead atoms. The first-order valence-electron chi connectivity index (χ1n) is 12.9. The number of carbonyl (C=O) groups is 5. The Hall–Kier alpha value is -3.95. The van der Waals surface area contributed by atoms with Crippen molar-refractivity contribution in [3.8, 4) is 5.75 Å². The van der Waals surface area contributed by atoms with Gasteiger partial charge in [-0.05, 0) is 73.2 Å². The maximum Gasteiger partial charge on any atom is 0.235 e. The molecule has 2 aromatic carbocycles. The van der Waals surface area contributed by atoms with E-state index < -0.39 is 64.4 Å². The molecule has 0 saturated heterocycles. The molecule has 0 heterocycles. The van der Waals surface area contributed by atoms with Crippen LogP contribution in [-0.2, 0) is 32.0 Å². The van der Waals surface area contributed by atoms with Crippen LogP contribution in [0.15, 0.2) is 36.4 Å². The third-order valence-electron chi connectivity index (χ3n) is 9.06. The van der Waals surface area contributed by atoms with Gasteiger partial charge in [0.05, 0.1) is 17.5 Å². The van der Waals surface area contributed by atoms with Crippen molar-refractivity contribution in [2.45, 2.75) is 30.9 Å². The van der Waals surface area contributed by atoms with Gasteiger partial charge in [-0.25, -0.2) is 0 Å². The molecule has 0 aromatic heterocycles. The fourth-order valence-corrected chi connectivity index (χ4v) is 7.36. The summed E-state index contributed by atoms with van der Waals surface area (Å²) >= 11 is 0. The van der Waals surface area contributed by atoms with E-state index in [2.05, 4.69) is 0 Å². The van der Waals surface area contributed by atoms with E-state index in [1.165, 1.54) is 11.0 Å². The summed E-state index contributed by atoms with van der Waals surface area (Å²) in [6, 6.07) is 10.0. The second-order valence-corrected chi connectivity index (χ2v) is 11.3. The van der Waals surface area contributed by atoms with E-state index >= 15 is 0 Å². The lowest BCUT2D eigenvalue weighted by Gasteiger charge is -2.52. The van der Waals surface area contributed by atoms with Crippen molar-refractivity contribution in [2.75, 3.05) is 14.1 Å². The Morgan fingerprint density at radius 3 is 2.44 bits per heavy atom. The smallest absolute Gasteiger partial charge is 0.235 e. The molecule has 39 heavy (non-hydrogen) atoms. The summed E-state index contributed by atoms with van der Waals surface area (Å²) in [7, 11) is 3.13. The van der Waals surface area contributed by atoms with Crippen LogP contribution < -0.4 is 5.73 Å². The van der Waals surface area contributed by atoms with Gasteiger partial charge in [0.15, 0.2) is 34.7 Å². The number of benzene rings is 2. The van der Waals surface area contributed by atoms with Crippen molar-refractivity contribution in [3.05, 3.63) is 64.2 Å². The van der Waals surface area contributed by atoms with Gasteiger partial charge in [-0.2, -0.15) is 0 Å². The number of allylic oxidation sites excluding steroid dienone is 1. The Labute approximate surface area is 224 Å². The highest BCUT2D eigenvalue weighted by atomic mass is 16.3. The highest BCUT2D eigenvalue weighted by Gasteiger charge is 2.69. The van der Waals surface area contributed by atoms with Gasteiger partial charge in [-0.3, -0.25) is 28.9 Å². The van der Waals surface area contributed by atoms with Gasteiger partial charge in [-0.1, -0.05) is 36.4 Å². The maximum atomic E-state index is 13.9. The Kier molecular flexibility index (Phi) is 5.54. The average molecular weight is 529 g/mol. The molecule has 0 radical (unpaired) electrons. The van der Waals surface area contributed by atoms with Crippen molar-refractivity contribution in [2.24, 2.45) is 29.4 Å². The SMILES string of the molecule is CN(C)C1C(=O)C(C(N)=O)C(=O)[C@]2(O)C(=O)C3C(=O)c4c(O)ccc(C5=Cc6ccccc6C5)c4C[C@@H]3C[C@H]12. The standard InChI is InChI=1S/C30H28N2O7/c1-32(2)24-19-12-16-11-18-17(15-9-13-5-3-4-6-14(13)10-15)7-8-20(33)22(18)25(34)21(16)27(36)30(19,39)28(37)23(26(24)35)29(31)38/h3-9,16,19,21,23-24,33,39H,10-12H2,1-2H3,(H2,31,38)/t16-,19-,21?,23?,24?,30-/m1/s1. The number of aliphatic hydroxyl groups is 1. The number of nitrogens with two attached hydrogens (primary N) is 1. The number of Topliss-reactive ketones (excluding diaryl/α,β-unsaturated/α-hetero) is 4. The molecule has 0 spiro atoms. The number of primary amides is 1. The number of phenols is 1. The van der Waals surface area contributed by atoms with Gasteiger partial charge in [-0.15, -0.1) is 0 Å². The first-order valence-corrected chi connectivity index (χ1v) is 12.9. The predicted octanol–water partition coefficient (Wildman–Crippen LogP) is 0.964. The third kappa shape index (κ3) is 3.36. The number of phenolic OH excluding ortho intramolecular Hbond substituents is 1. The summed E-state index contributed by atoms with van der Waals surface area (Å²) in [6.07, 6.45) is 2.96. The highest BCUT2D eigenvalue weighted by molar-refractivity contribution is 6.32. The lowest BCUT2D eigenvalue weighted by atomic mass is 9.52. The average Bonchev–Trinajstić information content (AvgIpc) is 3.30. The number of nitrogens with zero attached hydrogens (tertiary/aromatic N) is 1. The Morgan fingerprint density at radius 1 is 1.05 bits per heavy atom. The normalized spacial score (nSPS) is 31.4. The van der Waals surface area contributed by atoms with Crippen LogP contribution in [0.25, 0.3) is 11.6 Å². The number of amides is 1. The summed E-state index contributed by atoms with van der Waals surface area (Å²) in [5.41, 5.74) is 7.26. The number of fused-ring (bicyclic) bond motifs is 4. The van der Waals surface area contributed by atoms with Gasteiger partial charge < -0.3 is 15.9 Å². The zero-order valence-corrected chi connectivity index (χ0v) is 21.5. The summed E-state index contributed by atoms with van der Waals surface area (Å²) in [6.45, 7) is 0. The molecular weight excluding hydrogens is 500 g/mol. The second-order valence-electron chi connectivity index (χ2n) is 11.3. The molecule has 0 aliphatic heterocycles. The minimum atomic E-state index is -2.72. The molecule has 4 N–H and O–H groups in total. The number of rotatable bonds is 3. The van der Waals surface area contributed by atoms with Crippen LogP contribution in [0, 0.1) is 23.7 Å². The molecule has 2 saturated carbocycles. The van der Waals surface area contributed by atoms with Gasteiger partial charge >= 0.3 is 0 Å². The molecule has 6 rings (SSSR count). The largest absolute Gasteiger partial charge is 0.507 e. The lowest BCUT2D eigenvalue weighted by molar-refractivity contribution is -0.181. The number of ketones is 4. The molecule has 4 aliphatic carbocycles. The van der Waals surface area contributed by atoms with Crippen LogP contribution in [0.3, 0.4) is 0 Å². The molecule has 1 amide bonds. The highest BCUT2D eigenvalue weighted by Crippen LogP contribution is 2.51. The minimum absolute atomic E-state index is 0.0101. The van der Waals surface area contributed by atoms with E-state index in [9.17, 15) is 34.2 Å². The third-order valence-corrected chi connectivity index (χ3v) is 9.06. The number of carbonyl (C=O) groups excluding carboxylic acids is 5. The number of hydrogen-bond donors (Lipinski definition) is 3. The molecular formula is C30H28N2O7. The van der Waals surface area contributed by atoms with Crippen LogP contribution in [0.2, 0.25) is 0 Å². The molecule has 2 fully saturated rings. The number of likely N-dealkylation sites (N-methyl/N-ethyl adjacent to an activating group) is 1. The van der Waals surface area contributed by atoms with Crippen LogP contribution in [0.5, 0.6) is 5.75 Å². The first-order chi connectivity index (χ1) is 18.5. The van der Waals surface area contributed by atoms with Crippen molar-refractivity contribution in [1.29, 1.82) is 0 Å². The maximum absolute atomic E-state index is 13.9. The topological polar surface area (TPSA) is 155 Å². The van der Waals surface area contributed by atoms with Crippen molar-refractivity contribution < 1.29 is 34.2 Å². The van der Waals surface area contributed by atoms with E-state index in [1.807, 2.05) is 30.3 Å². The van der Waals surface area contributed by atoms with Gasteiger partial charge in [0, 0.05) is 5.92 Å². The van der Waals surface area contributed by atoms with E-state index in [4.69, 9.17) is 5.73 Å². The molecule has 6 atom stereocenters. The molecule has 9 heteroatoms. The second kappa shape index (κ2) is 8.53. The Bertz CT molecular complexity index is 1540. The fraction of sp³-hybridized carbons (Fsp3) is 0.367. The van der Waals surface area contributed by atoms with Crippen molar-refractivity contribution in [3.63, 3.8) is 0 Å². The zero-order valence-electron chi connectivity index (χ0n) is 21.5. The molecule has 200 valence electrons. The van der Waals surface area contributed by atoms with Crippen LogP contribution in [0.4, 0.5) is 0 Å². The molecule has 4 aliphatic rings. The van der Waals surface area contributed by atoms with E-state index in [0.717, 1.165) is 22.3 Å². The van der Waals surface area contributed by atoms with Crippen LogP contribution >= 0.6 is 0 Å². The summed E-state index contributed by atoms with van der Waals surface area (Å²) in [5.74, 6) is -10.4. The van der Waals surface area contributed by atoms with Gasteiger partial charge in [0.1, 0.15) is 5.75 Å². The predicted molar refractivity (Wildman–Crippen MR) is 139 cm³/mol. The monoisotopic (exact) mass is 528 g/mol. The van der Waals surface area contributed by atoms with E-state index in [-0.39, 0.29) is 24.2 Å². The van der Waals surface area contributed by atoms with E-state index in [1.54, 1.807) is 20.2 Å². The van der Waals surface area contributed by atoms with Gasteiger partial charge in [0.2, 0.25) is 5.91 Å². The summed E-state index contributed by atoms with van der Waals surface area (Å²) in [4.78, 5) is 68.0. The number of hydrogen-bond acceptors (Lipinski definition) is 8. The zero-order chi connectivity index (χ0) is 28.0. The Morgan fingerprint density at radius 2 is 1.77 bits per heavy atom. The van der Waals surface area contributed by atoms with Crippen molar-refractivity contribution >= 4 is 40.7 Å². The quantitative estimate of drug-likeness (QED) is 0.498.